The number of sulfone groups is 2. The van der Waals surface area contributed by atoms with Crippen LogP contribution in [0.15, 0.2) is 12.7 Å². The lowest BCUT2D eigenvalue weighted by Gasteiger charge is -2.35. The second-order valence-corrected chi connectivity index (χ2v) is 10.8. The lowest BCUT2D eigenvalue weighted by Crippen LogP contribution is -2.53. The SMILES string of the molecule is C=CC(=O)OC1C2CCC(C2)C1C(S(=O)(=O)C(F)(F)F)S(=O)(=O)C(F)(F)F. The van der Waals surface area contributed by atoms with Crippen molar-refractivity contribution in [1.29, 1.82) is 0 Å². The molecule has 2 aliphatic rings. The van der Waals surface area contributed by atoms with E-state index in [1.165, 1.54) is 0 Å². The van der Waals surface area contributed by atoms with Crippen molar-refractivity contribution in [3.8, 4) is 0 Å². The van der Waals surface area contributed by atoms with Crippen LogP contribution in [-0.4, -0.2) is 44.5 Å². The minimum atomic E-state index is -6.79. The predicted octanol–water partition coefficient (Wildman–Crippen LogP) is 2.33. The molecule has 14 heteroatoms. The monoisotopic (exact) mass is 444 g/mol. The predicted molar refractivity (Wildman–Crippen MR) is 78.1 cm³/mol. The van der Waals surface area contributed by atoms with Gasteiger partial charge in [0.15, 0.2) is 4.58 Å². The molecule has 2 rings (SSSR count). The van der Waals surface area contributed by atoms with Gasteiger partial charge in [-0.15, -0.1) is 0 Å². The molecule has 156 valence electrons. The summed E-state index contributed by atoms with van der Waals surface area (Å²) >= 11 is 0. The number of halogens is 6. The molecule has 2 aliphatic carbocycles. The van der Waals surface area contributed by atoms with Gasteiger partial charge in [0, 0.05) is 12.0 Å². The summed E-state index contributed by atoms with van der Waals surface area (Å²) in [7, 11) is -13.6. The number of esters is 1. The van der Waals surface area contributed by atoms with Crippen LogP contribution in [0.5, 0.6) is 0 Å². The Morgan fingerprint density at radius 1 is 0.963 bits per heavy atom. The molecule has 2 fully saturated rings. The number of alkyl halides is 6. The molecule has 0 radical (unpaired) electrons. The van der Waals surface area contributed by atoms with Crippen LogP contribution < -0.4 is 0 Å². The topological polar surface area (TPSA) is 94.6 Å². The first-order chi connectivity index (χ1) is 12.1. The molecule has 0 aliphatic heterocycles. The Hall–Kier alpha value is -1.31. The van der Waals surface area contributed by atoms with Gasteiger partial charge >= 0.3 is 17.0 Å². The maximum atomic E-state index is 13.0. The average molecular weight is 444 g/mol. The van der Waals surface area contributed by atoms with Gasteiger partial charge in [-0.1, -0.05) is 6.58 Å². The quantitative estimate of drug-likeness (QED) is 0.367. The van der Waals surface area contributed by atoms with E-state index >= 15 is 0 Å². The van der Waals surface area contributed by atoms with Crippen LogP contribution in [0.3, 0.4) is 0 Å². The van der Waals surface area contributed by atoms with Crippen molar-refractivity contribution in [3.63, 3.8) is 0 Å². The van der Waals surface area contributed by atoms with Crippen LogP contribution >= 0.6 is 0 Å². The smallest absolute Gasteiger partial charge is 0.459 e. The molecular weight excluding hydrogens is 430 g/mol. The molecule has 0 N–H and O–H groups in total. The van der Waals surface area contributed by atoms with E-state index in [0.717, 1.165) is 0 Å². The van der Waals surface area contributed by atoms with Crippen LogP contribution in [-0.2, 0) is 29.2 Å². The van der Waals surface area contributed by atoms with Crippen LogP contribution in [0.25, 0.3) is 0 Å². The number of rotatable bonds is 5. The molecule has 0 aromatic heterocycles. The second-order valence-electron chi connectivity index (χ2n) is 6.37. The standard InChI is InChI=1S/C13H14F6O6S2/c1-2-8(20)25-10-7-4-3-6(5-7)9(10)11(26(21,22)12(14,15)16)27(23,24)13(17,18)19/h2,6-7,9-11H,1,3-5H2. The summed E-state index contributed by atoms with van der Waals surface area (Å²) in [6, 6.07) is 0. The summed E-state index contributed by atoms with van der Waals surface area (Å²) in [6.07, 6.45) is -0.893. The molecule has 0 saturated heterocycles. The Kier molecular flexibility index (Phi) is 5.40. The normalized spacial score (nSPS) is 29.1. The first-order valence-corrected chi connectivity index (χ1v) is 10.6. The van der Waals surface area contributed by atoms with Crippen molar-refractivity contribution in [3.05, 3.63) is 12.7 Å². The van der Waals surface area contributed by atoms with Crippen LogP contribution in [0.1, 0.15) is 19.3 Å². The van der Waals surface area contributed by atoms with Crippen molar-refractivity contribution in [2.24, 2.45) is 17.8 Å². The van der Waals surface area contributed by atoms with Gasteiger partial charge in [0.2, 0.25) is 0 Å². The molecule has 4 atom stereocenters. The highest BCUT2D eigenvalue weighted by Crippen LogP contribution is 2.55. The number of hydrogen-bond donors (Lipinski definition) is 0. The molecule has 0 heterocycles. The largest absolute Gasteiger partial charge is 0.498 e. The molecule has 0 aromatic rings. The highest BCUT2D eigenvalue weighted by molar-refractivity contribution is 8.09. The molecule has 2 saturated carbocycles. The van der Waals surface area contributed by atoms with E-state index in [9.17, 15) is 48.0 Å². The van der Waals surface area contributed by atoms with Gasteiger partial charge in [-0.25, -0.2) is 21.6 Å². The fraction of sp³-hybridized carbons (Fsp3) is 0.769. The van der Waals surface area contributed by atoms with Crippen molar-refractivity contribution in [2.45, 2.75) is 41.0 Å². The van der Waals surface area contributed by atoms with Gasteiger partial charge in [0.25, 0.3) is 19.7 Å². The summed E-state index contributed by atoms with van der Waals surface area (Å²) < 4.78 is 126. The van der Waals surface area contributed by atoms with Crippen LogP contribution in [0.2, 0.25) is 0 Å². The van der Waals surface area contributed by atoms with Crippen molar-refractivity contribution in [1.82, 2.24) is 0 Å². The Morgan fingerprint density at radius 2 is 1.41 bits per heavy atom. The molecule has 2 bridgehead atoms. The number of ether oxygens (including phenoxy) is 1. The first kappa shape index (κ1) is 22.0. The maximum absolute atomic E-state index is 13.0. The van der Waals surface area contributed by atoms with Crippen molar-refractivity contribution < 1.29 is 52.7 Å². The van der Waals surface area contributed by atoms with Gasteiger partial charge in [0.1, 0.15) is 6.10 Å². The van der Waals surface area contributed by atoms with Crippen molar-refractivity contribution in [2.75, 3.05) is 0 Å². The lowest BCUT2D eigenvalue weighted by atomic mass is 9.87. The Morgan fingerprint density at radius 3 is 1.81 bits per heavy atom. The number of carbonyl (C=O) groups is 1. The van der Waals surface area contributed by atoms with Crippen LogP contribution in [0.4, 0.5) is 26.3 Å². The third-order valence-corrected chi connectivity index (χ3v) is 9.55. The van der Waals surface area contributed by atoms with Gasteiger partial charge in [-0.3, -0.25) is 0 Å². The van der Waals surface area contributed by atoms with E-state index in [0.29, 0.717) is 6.08 Å². The first-order valence-electron chi connectivity index (χ1n) is 7.49. The zero-order chi connectivity index (χ0) is 21.0. The zero-order valence-corrected chi connectivity index (χ0v) is 15.0. The molecule has 0 amide bonds. The van der Waals surface area contributed by atoms with E-state index in [-0.39, 0.29) is 19.3 Å². The zero-order valence-electron chi connectivity index (χ0n) is 13.3. The van der Waals surface area contributed by atoms with E-state index in [1.807, 2.05) is 0 Å². The highest BCUT2D eigenvalue weighted by atomic mass is 32.3. The fourth-order valence-corrected chi connectivity index (χ4v) is 7.96. The van der Waals surface area contributed by atoms with E-state index in [2.05, 4.69) is 6.58 Å². The fourth-order valence-electron chi connectivity index (χ4n) is 3.86. The average Bonchev–Trinajstić information content (AvgIpc) is 3.07. The molecular formula is C13H14F6O6S2. The molecule has 6 nitrogen and oxygen atoms in total. The van der Waals surface area contributed by atoms with Gasteiger partial charge < -0.3 is 4.74 Å². The minimum Gasteiger partial charge on any atom is -0.459 e. The van der Waals surface area contributed by atoms with Crippen LogP contribution in [0, 0.1) is 17.8 Å². The molecule has 0 aromatic carbocycles. The number of fused-ring (bicyclic) bond motifs is 2. The summed E-state index contributed by atoms with van der Waals surface area (Å²) in [5.41, 5.74) is -12.5. The van der Waals surface area contributed by atoms with Gasteiger partial charge in [-0.2, -0.15) is 26.3 Å². The second kappa shape index (κ2) is 6.64. The number of carbonyl (C=O) groups excluding carboxylic acids is 1. The number of hydrogen-bond acceptors (Lipinski definition) is 6. The molecule has 0 spiro atoms. The molecule has 27 heavy (non-hydrogen) atoms. The summed E-state index contributed by atoms with van der Waals surface area (Å²) in [4.78, 5) is 11.4. The minimum absolute atomic E-state index is 0.0225. The third-order valence-electron chi connectivity index (χ3n) is 4.89. The summed E-state index contributed by atoms with van der Waals surface area (Å²) in [5.74, 6) is -5.22. The van der Waals surface area contributed by atoms with Crippen molar-refractivity contribution >= 4 is 25.6 Å². The van der Waals surface area contributed by atoms with Gasteiger partial charge in [0.05, 0.1) is 0 Å². The lowest BCUT2D eigenvalue weighted by molar-refractivity contribution is -0.148. The molecule has 4 unspecified atom stereocenters. The Bertz CT molecular complexity index is 784. The van der Waals surface area contributed by atoms with E-state index in [1.54, 1.807) is 0 Å². The summed E-state index contributed by atoms with van der Waals surface area (Å²) in [6.45, 7) is 3.04. The third kappa shape index (κ3) is 3.57. The van der Waals surface area contributed by atoms with Gasteiger partial charge in [-0.05, 0) is 31.1 Å². The van der Waals surface area contributed by atoms with E-state index < -0.39 is 65.1 Å². The summed E-state index contributed by atoms with van der Waals surface area (Å²) in [5, 5.41) is 0. The Balaban J connectivity index is 2.66. The van der Waals surface area contributed by atoms with E-state index in [4.69, 9.17) is 4.74 Å². The maximum Gasteiger partial charge on any atom is 0.498 e. The Labute approximate surface area is 150 Å². The highest BCUT2D eigenvalue weighted by Gasteiger charge is 2.69.